The number of fused-ring (bicyclic) bond motifs is 2. The smallest absolute Gasteiger partial charge is 0.249 e. The number of likely N-dealkylation sites (tertiary alicyclic amines) is 1. The van der Waals surface area contributed by atoms with Crippen molar-refractivity contribution >= 4 is 17.5 Å². The molecule has 0 saturated carbocycles. The molecule has 5 heteroatoms. The number of benzene rings is 1. The topological polar surface area (TPSA) is 49.9 Å². The Morgan fingerprint density at radius 1 is 1.21 bits per heavy atom. The van der Waals surface area contributed by atoms with Crippen LogP contribution in [0.25, 0.3) is 0 Å². The standard InChI is InChI=1S/C19H24N2O3/c1-14(22)20-10-4-7-17(20)18(23)21-13-19(8-11-24-12-9-19)15-5-2-3-6-16(15)21/h2-3,5-6,17H,4,7-13H2,1H3. The molecule has 1 atom stereocenters. The van der Waals surface area contributed by atoms with Crippen molar-refractivity contribution < 1.29 is 14.3 Å². The second-order valence-corrected chi connectivity index (χ2v) is 7.20. The van der Waals surface area contributed by atoms with E-state index in [0.29, 0.717) is 6.54 Å². The van der Waals surface area contributed by atoms with E-state index in [4.69, 9.17) is 4.74 Å². The zero-order chi connectivity index (χ0) is 16.7. The molecule has 0 aliphatic carbocycles. The fourth-order valence-electron chi connectivity index (χ4n) is 4.60. The van der Waals surface area contributed by atoms with Crippen molar-refractivity contribution in [1.82, 2.24) is 4.90 Å². The minimum atomic E-state index is -0.300. The molecular weight excluding hydrogens is 304 g/mol. The average Bonchev–Trinajstić information content (AvgIpc) is 3.20. The molecule has 3 heterocycles. The minimum Gasteiger partial charge on any atom is -0.381 e. The van der Waals surface area contributed by atoms with E-state index in [1.807, 2.05) is 17.0 Å². The quantitative estimate of drug-likeness (QED) is 0.793. The fraction of sp³-hybridized carbons (Fsp3) is 0.579. The molecule has 0 N–H and O–H groups in total. The summed E-state index contributed by atoms with van der Waals surface area (Å²) in [6, 6.07) is 7.96. The van der Waals surface area contributed by atoms with Crippen molar-refractivity contribution in [2.45, 2.75) is 44.1 Å². The number of hydrogen-bond acceptors (Lipinski definition) is 3. The molecule has 1 aromatic rings. The molecule has 4 rings (SSSR count). The van der Waals surface area contributed by atoms with Gasteiger partial charge < -0.3 is 14.5 Å². The maximum absolute atomic E-state index is 13.3. The van der Waals surface area contributed by atoms with Crippen LogP contribution in [0.1, 0.15) is 38.2 Å². The van der Waals surface area contributed by atoms with Gasteiger partial charge in [0, 0.05) is 44.3 Å². The molecule has 2 amide bonds. The van der Waals surface area contributed by atoms with E-state index in [-0.39, 0.29) is 23.3 Å². The van der Waals surface area contributed by atoms with Gasteiger partial charge in [-0.2, -0.15) is 0 Å². The number of hydrogen-bond donors (Lipinski definition) is 0. The van der Waals surface area contributed by atoms with Crippen LogP contribution < -0.4 is 4.90 Å². The Hall–Kier alpha value is -1.88. The van der Waals surface area contributed by atoms with E-state index in [1.165, 1.54) is 5.56 Å². The predicted molar refractivity (Wildman–Crippen MR) is 90.9 cm³/mol. The monoisotopic (exact) mass is 328 g/mol. The largest absolute Gasteiger partial charge is 0.381 e. The third-order valence-electron chi connectivity index (χ3n) is 5.89. The number of amides is 2. The van der Waals surface area contributed by atoms with Crippen LogP contribution in [0.5, 0.6) is 0 Å². The summed E-state index contributed by atoms with van der Waals surface area (Å²) in [4.78, 5) is 28.8. The summed E-state index contributed by atoms with van der Waals surface area (Å²) in [5.74, 6) is 0.0811. The highest BCUT2D eigenvalue weighted by molar-refractivity contribution is 6.01. The van der Waals surface area contributed by atoms with Crippen molar-refractivity contribution in [2.75, 3.05) is 31.2 Å². The lowest BCUT2D eigenvalue weighted by Gasteiger charge is -2.34. The maximum atomic E-state index is 13.3. The van der Waals surface area contributed by atoms with Crippen molar-refractivity contribution in [3.8, 4) is 0 Å². The molecule has 24 heavy (non-hydrogen) atoms. The maximum Gasteiger partial charge on any atom is 0.249 e. The van der Waals surface area contributed by atoms with Crippen molar-refractivity contribution in [3.05, 3.63) is 29.8 Å². The number of ether oxygens (including phenoxy) is 1. The SMILES string of the molecule is CC(=O)N1CCCC1C(=O)N1CC2(CCOCC2)c2ccccc21. The van der Waals surface area contributed by atoms with Crippen molar-refractivity contribution in [3.63, 3.8) is 0 Å². The van der Waals surface area contributed by atoms with Gasteiger partial charge in [-0.1, -0.05) is 18.2 Å². The molecule has 0 radical (unpaired) electrons. The summed E-state index contributed by atoms with van der Waals surface area (Å²) in [5, 5.41) is 0. The lowest BCUT2D eigenvalue weighted by molar-refractivity contribution is -0.135. The molecular formula is C19H24N2O3. The van der Waals surface area contributed by atoms with Gasteiger partial charge in [0.15, 0.2) is 0 Å². The minimum absolute atomic E-state index is 0.000822. The van der Waals surface area contributed by atoms with E-state index in [1.54, 1.807) is 11.8 Å². The van der Waals surface area contributed by atoms with Gasteiger partial charge in [0.1, 0.15) is 6.04 Å². The Morgan fingerprint density at radius 3 is 2.71 bits per heavy atom. The number of anilines is 1. The van der Waals surface area contributed by atoms with E-state index >= 15 is 0 Å². The van der Waals surface area contributed by atoms with Gasteiger partial charge in [0.2, 0.25) is 11.8 Å². The average molecular weight is 328 g/mol. The molecule has 128 valence electrons. The molecule has 0 bridgehead atoms. The Labute approximate surface area is 142 Å². The first kappa shape index (κ1) is 15.6. The van der Waals surface area contributed by atoms with E-state index in [9.17, 15) is 9.59 Å². The van der Waals surface area contributed by atoms with Gasteiger partial charge in [0.05, 0.1) is 0 Å². The van der Waals surface area contributed by atoms with Crippen molar-refractivity contribution in [2.24, 2.45) is 0 Å². The van der Waals surface area contributed by atoms with E-state index in [0.717, 1.165) is 51.1 Å². The number of nitrogens with zero attached hydrogens (tertiary/aromatic N) is 2. The van der Waals surface area contributed by atoms with E-state index < -0.39 is 0 Å². The lowest BCUT2D eigenvalue weighted by Crippen LogP contribution is -2.49. The lowest BCUT2D eigenvalue weighted by atomic mass is 9.76. The predicted octanol–water partition coefficient (Wildman–Crippen LogP) is 2.09. The molecule has 3 aliphatic rings. The number of carbonyl (C=O) groups is 2. The van der Waals surface area contributed by atoms with Crippen LogP contribution in [-0.2, 0) is 19.7 Å². The fourth-order valence-corrected chi connectivity index (χ4v) is 4.60. The number of rotatable bonds is 1. The molecule has 2 fully saturated rings. The second-order valence-electron chi connectivity index (χ2n) is 7.20. The van der Waals surface area contributed by atoms with Gasteiger partial charge in [-0.3, -0.25) is 9.59 Å². The third kappa shape index (κ3) is 2.34. The van der Waals surface area contributed by atoms with Gasteiger partial charge in [0.25, 0.3) is 0 Å². The molecule has 1 unspecified atom stereocenters. The first-order valence-electron chi connectivity index (χ1n) is 8.88. The summed E-state index contributed by atoms with van der Waals surface area (Å²) in [6.45, 7) is 4.47. The molecule has 5 nitrogen and oxygen atoms in total. The summed E-state index contributed by atoms with van der Waals surface area (Å²) in [5.41, 5.74) is 2.32. The summed E-state index contributed by atoms with van der Waals surface area (Å²) in [7, 11) is 0. The van der Waals surface area contributed by atoms with Crippen LogP contribution in [0.2, 0.25) is 0 Å². The highest BCUT2D eigenvalue weighted by Crippen LogP contribution is 2.47. The normalized spacial score (nSPS) is 25.1. The van der Waals surface area contributed by atoms with Crippen LogP contribution in [-0.4, -0.2) is 49.1 Å². The van der Waals surface area contributed by atoms with Gasteiger partial charge in [-0.05, 0) is 37.3 Å². The molecule has 1 aromatic carbocycles. The zero-order valence-corrected chi connectivity index (χ0v) is 14.2. The van der Waals surface area contributed by atoms with Crippen molar-refractivity contribution in [1.29, 1.82) is 0 Å². The molecule has 2 saturated heterocycles. The summed E-state index contributed by atoms with van der Waals surface area (Å²) < 4.78 is 5.56. The van der Waals surface area contributed by atoms with Gasteiger partial charge in [-0.25, -0.2) is 0 Å². The Kier molecular flexibility index (Phi) is 3.83. The molecule has 1 spiro atoms. The Balaban J connectivity index is 1.67. The van der Waals surface area contributed by atoms with Gasteiger partial charge in [-0.15, -0.1) is 0 Å². The Morgan fingerprint density at radius 2 is 1.96 bits per heavy atom. The van der Waals surface area contributed by atoms with Gasteiger partial charge >= 0.3 is 0 Å². The van der Waals surface area contributed by atoms with Crippen LogP contribution in [0.4, 0.5) is 5.69 Å². The second kappa shape index (κ2) is 5.88. The molecule has 3 aliphatic heterocycles. The van der Waals surface area contributed by atoms with E-state index in [2.05, 4.69) is 12.1 Å². The summed E-state index contributed by atoms with van der Waals surface area (Å²) >= 11 is 0. The van der Waals surface area contributed by atoms with Crippen LogP contribution in [0.3, 0.4) is 0 Å². The zero-order valence-electron chi connectivity index (χ0n) is 14.2. The van der Waals surface area contributed by atoms with Crippen LogP contribution in [0.15, 0.2) is 24.3 Å². The van der Waals surface area contributed by atoms with Crippen LogP contribution >= 0.6 is 0 Å². The highest BCUT2D eigenvalue weighted by Gasteiger charge is 2.47. The molecule has 0 aromatic heterocycles. The first-order chi connectivity index (χ1) is 11.6. The summed E-state index contributed by atoms with van der Waals surface area (Å²) in [6.07, 6.45) is 3.58. The Bertz CT molecular complexity index is 666. The first-order valence-corrected chi connectivity index (χ1v) is 8.88. The van der Waals surface area contributed by atoms with Crippen LogP contribution in [0, 0.1) is 0 Å². The highest BCUT2D eigenvalue weighted by atomic mass is 16.5. The number of carbonyl (C=O) groups excluding carboxylic acids is 2. The third-order valence-corrected chi connectivity index (χ3v) is 5.89. The number of para-hydroxylation sites is 1.